The van der Waals surface area contributed by atoms with Crippen LogP contribution in [0, 0.1) is 0 Å². The third-order valence-electron chi connectivity index (χ3n) is 3.86. The third-order valence-corrected chi connectivity index (χ3v) is 3.86. The third kappa shape index (κ3) is 4.38. The summed E-state index contributed by atoms with van der Waals surface area (Å²) in [6, 6.07) is 0. The lowest BCUT2D eigenvalue weighted by atomic mass is 9.80. The van der Waals surface area contributed by atoms with Crippen molar-refractivity contribution < 1.29 is 14.7 Å². The zero-order valence-corrected chi connectivity index (χ0v) is 11.8. The van der Waals surface area contributed by atoms with Crippen LogP contribution in [-0.4, -0.2) is 35.7 Å². The average molecular weight is 271 g/mol. The minimum Gasteiger partial charge on any atom is -0.409 e. The Balaban J connectivity index is 2.60. The van der Waals surface area contributed by atoms with Gasteiger partial charge in [-0.15, -0.1) is 0 Å². The molecule has 1 atom stereocenters. The minimum absolute atomic E-state index is 0.0527. The number of hydrogen-bond acceptors (Lipinski definition) is 4. The number of methoxy groups -OCH3 is 1. The molecule has 0 saturated heterocycles. The fourth-order valence-electron chi connectivity index (χ4n) is 2.48. The number of amides is 1. The lowest BCUT2D eigenvalue weighted by Gasteiger charge is -2.36. The van der Waals surface area contributed by atoms with E-state index in [1.165, 1.54) is 0 Å². The predicted molar refractivity (Wildman–Crippen MR) is 73.1 cm³/mol. The lowest BCUT2D eigenvalue weighted by molar-refractivity contribution is -0.123. The first-order chi connectivity index (χ1) is 9.04. The first kappa shape index (κ1) is 15.8. The molecular formula is C13H25N3O3. The quantitative estimate of drug-likeness (QED) is 0.294. The summed E-state index contributed by atoms with van der Waals surface area (Å²) in [6.45, 7) is 1.92. The van der Waals surface area contributed by atoms with Gasteiger partial charge < -0.3 is 21.0 Å². The molecule has 0 aromatic heterocycles. The summed E-state index contributed by atoms with van der Waals surface area (Å²) in [5.74, 6) is 0.0396. The molecule has 1 aliphatic carbocycles. The maximum atomic E-state index is 12.0. The van der Waals surface area contributed by atoms with Gasteiger partial charge in [-0.3, -0.25) is 4.79 Å². The van der Waals surface area contributed by atoms with Crippen LogP contribution in [0.5, 0.6) is 0 Å². The van der Waals surface area contributed by atoms with E-state index in [-0.39, 0.29) is 17.8 Å². The summed E-state index contributed by atoms with van der Waals surface area (Å²) in [6.07, 6.45) is 5.64. The van der Waals surface area contributed by atoms with Crippen molar-refractivity contribution in [2.24, 2.45) is 10.9 Å². The van der Waals surface area contributed by atoms with Crippen molar-refractivity contribution >= 4 is 11.7 Å². The Labute approximate surface area is 114 Å². The van der Waals surface area contributed by atoms with Crippen molar-refractivity contribution in [2.45, 2.75) is 63.5 Å². The van der Waals surface area contributed by atoms with Gasteiger partial charge in [0.2, 0.25) is 5.91 Å². The molecule has 0 heterocycles. The Kier molecular flexibility index (Phi) is 6.08. The Morgan fingerprint density at radius 1 is 1.47 bits per heavy atom. The van der Waals surface area contributed by atoms with Crippen molar-refractivity contribution in [1.29, 1.82) is 0 Å². The van der Waals surface area contributed by atoms with Crippen LogP contribution in [0.3, 0.4) is 0 Å². The van der Waals surface area contributed by atoms with Gasteiger partial charge in [0.15, 0.2) is 5.84 Å². The molecule has 4 N–H and O–H groups in total. The van der Waals surface area contributed by atoms with Crippen molar-refractivity contribution in [3.63, 3.8) is 0 Å². The Morgan fingerprint density at radius 2 is 2.11 bits per heavy atom. The molecule has 6 heteroatoms. The molecule has 1 fully saturated rings. The highest BCUT2D eigenvalue weighted by atomic mass is 16.5. The number of ether oxygens (including phenoxy) is 1. The van der Waals surface area contributed by atoms with Gasteiger partial charge in [0.25, 0.3) is 0 Å². The number of oxime groups is 1. The number of nitrogens with zero attached hydrogens (tertiary/aromatic N) is 1. The van der Waals surface area contributed by atoms with Crippen LogP contribution in [0.1, 0.15) is 51.9 Å². The molecule has 1 saturated carbocycles. The molecule has 0 radical (unpaired) electrons. The van der Waals surface area contributed by atoms with Crippen LogP contribution >= 0.6 is 0 Å². The highest BCUT2D eigenvalue weighted by Crippen LogP contribution is 2.28. The Morgan fingerprint density at radius 3 is 2.63 bits per heavy atom. The molecule has 0 aromatic rings. The predicted octanol–water partition coefficient (Wildman–Crippen LogP) is 1.37. The van der Waals surface area contributed by atoms with Gasteiger partial charge in [-0.1, -0.05) is 24.4 Å². The monoisotopic (exact) mass is 271 g/mol. The molecule has 0 bridgehead atoms. The molecule has 0 spiro atoms. The highest BCUT2D eigenvalue weighted by Gasteiger charge is 2.37. The second kappa shape index (κ2) is 7.33. The number of rotatable bonds is 6. The molecule has 1 unspecified atom stereocenters. The fourth-order valence-corrected chi connectivity index (χ4v) is 2.48. The van der Waals surface area contributed by atoms with Crippen molar-refractivity contribution in [3.05, 3.63) is 0 Å². The Bertz CT molecular complexity index is 325. The number of nitrogens with one attached hydrogen (secondary N) is 1. The van der Waals surface area contributed by atoms with E-state index in [2.05, 4.69) is 10.5 Å². The van der Waals surface area contributed by atoms with E-state index in [1.807, 2.05) is 6.92 Å². The summed E-state index contributed by atoms with van der Waals surface area (Å²) < 4.78 is 5.12. The first-order valence-electron chi connectivity index (χ1n) is 6.86. The SMILES string of the molecule is COC(C)CCC(=O)NC1(C(N)=NO)CCCCC1. The number of hydrogen-bond donors (Lipinski definition) is 3. The van der Waals surface area contributed by atoms with E-state index in [0.29, 0.717) is 12.8 Å². The van der Waals surface area contributed by atoms with E-state index in [4.69, 9.17) is 15.7 Å². The molecule has 1 rings (SSSR count). The van der Waals surface area contributed by atoms with Gasteiger partial charge >= 0.3 is 0 Å². The molecule has 0 aromatic carbocycles. The van der Waals surface area contributed by atoms with Crippen LogP contribution in [0.4, 0.5) is 0 Å². The summed E-state index contributed by atoms with van der Waals surface area (Å²) in [5.41, 5.74) is 5.11. The van der Waals surface area contributed by atoms with Gasteiger partial charge in [0, 0.05) is 13.5 Å². The van der Waals surface area contributed by atoms with Crippen LogP contribution in [0.15, 0.2) is 5.16 Å². The average Bonchev–Trinajstić information content (AvgIpc) is 2.44. The van der Waals surface area contributed by atoms with E-state index in [9.17, 15) is 4.79 Å². The number of carbonyl (C=O) groups excluding carboxylic acids is 1. The van der Waals surface area contributed by atoms with Gasteiger partial charge in [-0.05, 0) is 26.2 Å². The fraction of sp³-hybridized carbons (Fsp3) is 0.846. The van der Waals surface area contributed by atoms with Crippen molar-refractivity contribution in [2.75, 3.05) is 7.11 Å². The number of amidine groups is 1. The summed E-state index contributed by atoms with van der Waals surface area (Å²) in [7, 11) is 1.63. The van der Waals surface area contributed by atoms with Crippen LogP contribution in [0.25, 0.3) is 0 Å². The number of nitrogens with two attached hydrogens (primary N) is 1. The maximum absolute atomic E-state index is 12.0. The first-order valence-corrected chi connectivity index (χ1v) is 6.86. The largest absolute Gasteiger partial charge is 0.409 e. The van der Waals surface area contributed by atoms with Crippen LogP contribution in [0.2, 0.25) is 0 Å². The lowest BCUT2D eigenvalue weighted by Crippen LogP contribution is -2.58. The van der Waals surface area contributed by atoms with Crippen LogP contribution < -0.4 is 11.1 Å². The Hall–Kier alpha value is -1.30. The number of carbonyl (C=O) groups is 1. The van der Waals surface area contributed by atoms with E-state index >= 15 is 0 Å². The molecule has 110 valence electrons. The maximum Gasteiger partial charge on any atom is 0.220 e. The molecule has 6 nitrogen and oxygen atoms in total. The van der Waals surface area contributed by atoms with Crippen molar-refractivity contribution in [3.8, 4) is 0 Å². The van der Waals surface area contributed by atoms with Gasteiger partial charge in [0.1, 0.15) is 5.54 Å². The molecule has 1 amide bonds. The zero-order chi connectivity index (χ0) is 14.3. The summed E-state index contributed by atoms with van der Waals surface area (Å²) in [5, 5.41) is 15.0. The minimum atomic E-state index is -0.666. The van der Waals surface area contributed by atoms with Crippen LogP contribution in [-0.2, 0) is 9.53 Å². The standard InChI is InChI=1S/C13H25N3O3/c1-10(19-2)6-7-11(17)15-13(12(14)16-18)8-4-3-5-9-13/h10,18H,3-9H2,1-2H3,(H2,14,16)(H,15,17). The molecule has 0 aliphatic heterocycles. The van der Waals surface area contributed by atoms with Gasteiger partial charge in [0.05, 0.1) is 6.10 Å². The van der Waals surface area contributed by atoms with E-state index in [0.717, 1.165) is 32.1 Å². The smallest absolute Gasteiger partial charge is 0.220 e. The molecule has 19 heavy (non-hydrogen) atoms. The van der Waals surface area contributed by atoms with Crippen molar-refractivity contribution in [1.82, 2.24) is 5.32 Å². The highest BCUT2D eigenvalue weighted by molar-refractivity contribution is 5.94. The van der Waals surface area contributed by atoms with Gasteiger partial charge in [-0.2, -0.15) is 0 Å². The second-order valence-corrected chi connectivity index (χ2v) is 5.26. The van der Waals surface area contributed by atoms with Gasteiger partial charge in [-0.25, -0.2) is 0 Å². The molecule has 1 aliphatic rings. The summed E-state index contributed by atoms with van der Waals surface area (Å²) >= 11 is 0. The second-order valence-electron chi connectivity index (χ2n) is 5.26. The topological polar surface area (TPSA) is 96.9 Å². The summed E-state index contributed by atoms with van der Waals surface area (Å²) in [4.78, 5) is 12.0. The van der Waals surface area contributed by atoms with E-state index < -0.39 is 5.54 Å². The zero-order valence-electron chi connectivity index (χ0n) is 11.8. The normalized spacial score (nSPS) is 20.8. The molecular weight excluding hydrogens is 246 g/mol. The van der Waals surface area contributed by atoms with E-state index in [1.54, 1.807) is 7.11 Å².